The van der Waals surface area contributed by atoms with Crippen molar-refractivity contribution in [2.24, 2.45) is 23.2 Å². The molecule has 4 aliphatic carbocycles. The van der Waals surface area contributed by atoms with Crippen LogP contribution in [0, 0.1) is 23.2 Å². The summed E-state index contributed by atoms with van der Waals surface area (Å²) in [4.78, 5) is 82.4. The van der Waals surface area contributed by atoms with Gasteiger partial charge in [-0.25, -0.2) is 9.59 Å². The van der Waals surface area contributed by atoms with Crippen molar-refractivity contribution < 1.29 is 67.8 Å². The van der Waals surface area contributed by atoms with Gasteiger partial charge in [-0.1, -0.05) is 67.6 Å². The first-order chi connectivity index (χ1) is 28.5. The summed E-state index contributed by atoms with van der Waals surface area (Å²) in [6, 6.07) is 14.9. The van der Waals surface area contributed by atoms with Crippen LogP contribution in [0.3, 0.4) is 0 Å². The number of ketones is 1. The van der Waals surface area contributed by atoms with Crippen LogP contribution >= 0.6 is 0 Å². The lowest BCUT2D eigenvalue weighted by atomic mass is 9.47. The lowest BCUT2D eigenvalue weighted by Crippen LogP contribution is -2.81. The average Bonchev–Trinajstić information content (AvgIpc) is 3.23. The molecule has 5 aliphatic rings. The summed E-state index contributed by atoms with van der Waals surface area (Å²) in [6.45, 7) is 4.86. The van der Waals surface area contributed by atoms with Crippen LogP contribution in [0.15, 0.2) is 96.6 Å². The Kier molecular flexibility index (Phi) is 11.7. The first-order valence-electron chi connectivity index (χ1n) is 20.0. The molecule has 2 aromatic rings. The van der Waals surface area contributed by atoms with Crippen LogP contribution in [0.25, 0.3) is 0 Å². The number of hydrogen-bond donors (Lipinski definition) is 4. The van der Waals surface area contributed by atoms with E-state index >= 15 is 4.79 Å². The van der Waals surface area contributed by atoms with E-state index in [-0.39, 0.29) is 29.7 Å². The number of amides is 1. The number of aliphatic hydroxyl groups excluding tert-OH is 2. The second kappa shape index (κ2) is 16.5. The number of aliphatic hydroxyl groups is 3. The van der Waals surface area contributed by atoms with Crippen LogP contribution in [0.1, 0.15) is 67.7 Å². The minimum Gasteiger partial charge on any atom is -0.456 e. The molecule has 7 rings (SSSR count). The highest BCUT2D eigenvalue weighted by Crippen LogP contribution is 2.61. The molecule has 15 heteroatoms. The van der Waals surface area contributed by atoms with Crippen LogP contribution < -0.4 is 5.32 Å². The van der Waals surface area contributed by atoms with Crippen LogP contribution in [-0.2, 0) is 42.9 Å². The molecule has 15 nitrogen and oxygen atoms in total. The highest BCUT2D eigenvalue weighted by molar-refractivity contribution is 5.96. The van der Waals surface area contributed by atoms with E-state index in [1.807, 2.05) is 6.08 Å². The van der Waals surface area contributed by atoms with Crippen molar-refractivity contribution in [3.05, 3.63) is 108 Å². The monoisotopic (exact) mass is 827 g/mol. The number of benzene rings is 2. The maximum Gasteiger partial charge on any atom is 0.338 e. The number of nitrogens with one attached hydrogen (secondary N) is 1. The minimum absolute atomic E-state index is 0.0216. The fourth-order valence-electron chi connectivity index (χ4n) is 9.77. The molecule has 0 aromatic heterocycles. The average molecular weight is 828 g/mol. The van der Waals surface area contributed by atoms with Gasteiger partial charge in [-0.05, 0) is 49.3 Å². The van der Waals surface area contributed by atoms with Crippen LogP contribution in [0.2, 0.25) is 0 Å². The van der Waals surface area contributed by atoms with E-state index in [0.29, 0.717) is 6.42 Å². The Morgan fingerprint density at radius 3 is 2.17 bits per heavy atom. The minimum atomic E-state index is -2.31. The van der Waals surface area contributed by atoms with Crippen molar-refractivity contribution in [3.63, 3.8) is 0 Å². The summed E-state index contributed by atoms with van der Waals surface area (Å²) in [5, 5.41) is 39.7. The third kappa shape index (κ3) is 7.48. The SMILES string of the molecule is CC(=O)O[C@H]1C(=O)[C@@]2(C)C(C(OC(=O)c3ccccc3)[C@]3(O)CC(OC(=O)C(O)[C@@H](NC(=O)c4ccccc4)C4C=CC=CC4)C=C1[C@H]3C)[C@]1(OC(C)=O)CO[C@@H]1C[C@@H]2O. The smallest absolute Gasteiger partial charge is 0.338 e. The van der Waals surface area contributed by atoms with Gasteiger partial charge in [0, 0.05) is 44.1 Å². The number of rotatable bonds is 10. The van der Waals surface area contributed by atoms with E-state index in [1.54, 1.807) is 66.8 Å². The topological polar surface area (TPSA) is 221 Å². The fraction of sp³-hybridized carbons (Fsp3) is 0.467. The van der Waals surface area contributed by atoms with Gasteiger partial charge in [-0.2, -0.15) is 0 Å². The second-order valence-corrected chi connectivity index (χ2v) is 16.5. The number of Topliss-reactive ketones (excluding diaryl/α,β-unsaturated/α-hetero) is 1. The number of ether oxygens (including phenoxy) is 5. The maximum atomic E-state index is 15.2. The lowest BCUT2D eigenvalue weighted by molar-refractivity contribution is -0.342. The molecule has 3 fully saturated rings. The standard InChI is InChI=1S/C45H49NO14/c1-24-31-20-30(58-42(54)35(50)34(27-14-8-5-9-15-27)46-40(52)28-16-10-6-11-17-28)22-44(24,55)39(59-41(53)29-18-12-7-13-19-29)37-43(4,38(51)36(31)57-25(2)47)32(49)21-33-45(37,23-56-33)60-26(3)48/h5-14,16-20,24,27,30,32-37,39,49-50,55H,15,21-23H2,1-4H3,(H,46,52)/t24-,27?,30?,32+,33-,34+,35?,36-,37?,39?,43-,44+,45+/m1/s1. The number of fused-ring (bicyclic) bond motifs is 5. The number of allylic oxidation sites excluding steroid dienone is 3. The molecule has 0 spiro atoms. The molecule has 13 atom stereocenters. The molecule has 4 N–H and O–H groups in total. The number of carbonyl (C=O) groups is 6. The zero-order chi connectivity index (χ0) is 43.1. The highest BCUT2D eigenvalue weighted by Gasteiger charge is 2.76. The van der Waals surface area contributed by atoms with Crippen molar-refractivity contribution in [1.82, 2.24) is 5.32 Å². The summed E-state index contributed by atoms with van der Waals surface area (Å²) in [5.74, 6) is -8.41. The predicted molar refractivity (Wildman–Crippen MR) is 209 cm³/mol. The van der Waals surface area contributed by atoms with Gasteiger partial charge >= 0.3 is 23.9 Å². The zero-order valence-corrected chi connectivity index (χ0v) is 33.6. The highest BCUT2D eigenvalue weighted by atomic mass is 16.6. The summed E-state index contributed by atoms with van der Waals surface area (Å²) >= 11 is 0. The molecule has 1 amide bonds. The van der Waals surface area contributed by atoms with Gasteiger partial charge in [0.1, 0.15) is 23.9 Å². The molecule has 2 saturated carbocycles. The Balaban J connectivity index is 1.33. The van der Waals surface area contributed by atoms with Gasteiger partial charge < -0.3 is 44.3 Å². The number of carbonyl (C=O) groups excluding carboxylic acids is 6. The summed E-state index contributed by atoms with van der Waals surface area (Å²) in [6.07, 6.45) is -1.43. The molecular formula is C45H49NO14. The van der Waals surface area contributed by atoms with E-state index < -0.39 is 119 Å². The van der Waals surface area contributed by atoms with Crippen LogP contribution in [0.5, 0.6) is 0 Å². The third-order valence-electron chi connectivity index (χ3n) is 12.9. The molecule has 1 heterocycles. The van der Waals surface area contributed by atoms with Crippen molar-refractivity contribution in [2.75, 3.05) is 6.61 Å². The summed E-state index contributed by atoms with van der Waals surface area (Å²) in [7, 11) is 0. The van der Waals surface area contributed by atoms with Gasteiger partial charge in [0.05, 0.1) is 35.6 Å². The summed E-state index contributed by atoms with van der Waals surface area (Å²) < 4.78 is 29.8. The first-order valence-corrected chi connectivity index (χ1v) is 20.0. The van der Waals surface area contributed by atoms with Crippen LogP contribution in [0.4, 0.5) is 0 Å². The number of hydrogen-bond acceptors (Lipinski definition) is 14. The normalized spacial score (nSPS) is 35.0. The molecule has 1 saturated heterocycles. The first kappa shape index (κ1) is 42.6. The van der Waals surface area contributed by atoms with E-state index in [1.165, 1.54) is 32.1 Å². The van der Waals surface area contributed by atoms with Crippen molar-refractivity contribution in [1.29, 1.82) is 0 Å². The van der Waals surface area contributed by atoms with Gasteiger partial charge in [-0.3, -0.25) is 19.2 Å². The molecule has 2 bridgehead atoms. The Morgan fingerprint density at radius 1 is 0.917 bits per heavy atom. The Labute approximate surface area is 346 Å². The van der Waals surface area contributed by atoms with Gasteiger partial charge in [0.25, 0.3) is 5.91 Å². The van der Waals surface area contributed by atoms with E-state index in [4.69, 9.17) is 23.7 Å². The summed E-state index contributed by atoms with van der Waals surface area (Å²) in [5.41, 5.74) is -5.72. The molecule has 1 aliphatic heterocycles. The van der Waals surface area contributed by atoms with E-state index in [0.717, 1.165) is 13.8 Å². The van der Waals surface area contributed by atoms with Crippen molar-refractivity contribution in [2.45, 2.75) is 101 Å². The second-order valence-electron chi connectivity index (χ2n) is 16.5. The van der Waals surface area contributed by atoms with Crippen molar-refractivity contribution >= 4 is 35.6 Å². The zero-order valence-electron chi connectivity index (χ0n) is 33.6. The maximum absolute atomic E-state index is 15.2. The molecule has 60 heavy (non-hydrogen) atoms. The largest absolute Gasteiger partial charge is 0.456 e. The fourth-order valence-corrected chi connectivity index (χ4v) is 9.77. The molecule has 2 aromatic carbocycles. The lowest BCUT2D eigenvalue weighted by Gasteiger charge is -2.66. The third-order valence-corrected chi connectivity index (χ3v) is 12.9. The van der Waals surface area contributed by atoms with E-state index in [9.17, 15) is 39.3 Å². The Bertz CT molecular complexity index is 2120. The Morgan fingerprint density at radius 2 is 1.58 bits per heavy atom. The molecule has 0 radical (unpaired) electrons. The molecule has 318 valence electrons. The number of esters is 4. The molecule has 5 unspecified atom stereocenters. The van der Waals surface area contributed by atoms with Gasteiger partial charge in [-0.15, -0.1) is 0 Å². The predicted octanol–water partition coefficient (Wildman–Crippen LogP) is 2.72. The Hall–Kier alpha value is -5.48. The molecular weight excluding hydrogens is 778 g/mol. The van der Waals surface area contributed by atoms with E-state index in [2.05, 4.69) is 5.32 Å². The van der Waals surface area contributed by atoms with Gasteiger partial charge in [0.15, 0.2) is 23.6 Å². The van der Waals surface area contributed by atoms with Crippen LogP contribution in [-0.4, -0.2) is 111 Å². The quantitative estimate of drug-likeness (QED) is 0.154. The van der Waals surface area contributed by atoms with Gasteiger partial charge in [0.2, 0.25) is 0 Å². The van der Waals surface area contributed by atoms with Crippen molar-refractivity contribution in [3.8, 4) is 0 Å².